The zero-order chi connectivity index (χ0) is 17.0. The molecule has 132 valence electrons. The monoisotopic (exact) mass is 320 g/mol. The SMILES string of the molecule is CCC(C)C1(OC(=O)C(C)(C)CC)C2CC3CC1CC(C)(C3)C2. The highest BCUT2D eigenvalue weighted by molar-refractivity contribution is 5.76. The first-order chi connectivity index (χ1) is 10.7. The summed E-state index contributed by atoms with van der Waals surface area (Å²) in [6, 6.07) is 0. The van der Waals surface area contributed by atoms with Crippen molar-refractivity contribution in [1.29, 1.82) is 0 Å². The average molecular weight is 321 g/mol. The molecule has 4 bridgehead atoms. The Hall–Kier alpha value is -0.530. The van der Waals surface area contributed by atoms with Crippen LogP contribution in [-0.2, 0) is 9.53 Å². The number of rotatable bonds is 5. The van der Waals surface area contributed by atoms with Gasteiger partial charge >= 0.3 is 5.97 Å². The van der Waals surface area contributed by atoms with Crippen molar-refractivity contribution in [1.82, 2.24) is 0 Å². The van der Waals surface area contributed by atoms with Crippen LogP contribution in [0.4, 0.5) is 0 Å². The van der Waals surface area contributed by atoms with Crippen molar-refractivity contribution in [2.45, 2.75) is 92.1 Å². The molecule has 4 aliphatic carbocycles. The van der Waals surface area contributed by atoms with Crippen LogP contribution in [0.25, 0.3) is 0 Å². The lowest BCUT2D eigenvalue weighted by Gasteiger charge is -2.65. The van der Waals surface area contributed by atoms with E-state index in [0.29, 0.717) is 23.2 Å². The molecule has 4 rings (SSSR count). The molecule has 0 N–H and O–H groups in total. The Bertz CT molecular complexity index is 462. The van der Waals surface area contributed by atoms with Gasteiger partial charge in [0.05, 0.1) is 5.41 Å². The first-order valence-electron chi connectivity index (χ1n) is 9.90. The van der Waals surface area contributed by atoms with Crippen molar-refractivity contribution in [2.75, 3.05) is 0 Å². The maximum atomic E-state index is 13.0. The van der Waals surface area contributed by atoms with Gasteiger partial charge < -0.3 is 4.74 Å². The molecule has 0 aromatic rings. The van der Waals surface area contributed by atoms with E-state index in [0.717, 1.165) is 18.8 Å². The molecule has 0 heterocycles. The Morgan fingerprint density at radius 2 is 1.74 bits per heavy atom. The van der Waals surface area contributed by atoms with Gasteiger partial charge in [0, 0.05) is 11.8 Å². The number of hydrogen-bond acceptors (Lipinski definition) is 2. The molecule has 2 heteroatoms. The highest BCUT2D eigenvalue weighted by Gasteiger charge is 2.64. The van der Waals surface area contributed by atoms with E-state index in [1.807, 2.05) is 13.8 Å². The average Bonchev–Trinajstić information content (AvgIpc) is 2.48. The molecule has 4 saturated carbocycles. The Morgan fingerprint density at radius 3 is 2.17 bits per heavy atom. The second kappa shape index (κ2) is 5.49. The lowest BCUT2D eigenvalue weighted by atomic mass is 9.43. The van der Waals surface area contributed by atoms with Gasteiger partial charge in [0.2, 0.25) is 0 Å². The zero-order valence-electron chi connectivity index (χ0n) is 16.1. The van der Waals surface area contributed by atoms with Crippen LogP contribution in [0, 0.1) is 34.5 Å². The van der Waals surface area contributed by atoms with Crippen LogP contribution in [0.15, 0.2) is 0 Å². The summed E-state index contributed by atoms with van der Waals surface area (Å²) in [5.74, 6) is 2.57. The summed E-state index contributed by atoms with van der Waals surface area (Å²) in [5.41, 5.74) is -0.0339. The number of ether oxygens (including phenoxy) is 1. The standard InChI is InChI=1S/C21H36O2/c1-7-14(3)21(23-18(22)19(4,5)8-2)16-9-15-10-17(21)13-20(6,11-15)12-16/h14-17H,7-13H2,1-6H3. The van der Waals surface area contributed by atoms with Crippen LogP contribution in [0.3, 0.4) is 0 Å². The summed E-state index contributed by atoms with van der Waals surface area (Å²) < 4.78 is 6.53. The first kappa shape index (κ1) is 17.3. The van der Waals surface area contributed by atoms with Gasteiger partial charge in [-0.05, 0) is 76.0 Å². The summed E-state index contributed by atoms with van der Waals surface area (Å²) in [6.07, 6.45) is 8.47. The molecule has 4 aliphatic rings. The Morgan fingerprint density at radius 1 is 1.17 bits per heavy atom. The Labute approximate surface area is 142 Å². The van der Waals surface area contributed by atoms with Crippen molar-refractivity contribution in [3.05, 3.63) is 0 Å². The van der Waals surface area contributed by atoms with Crippen molar-refractivity contribution >= 4 is 5.97 Å². The molecular weight excluding hydrogens is 284 g/mol. The van der Waals surface area contributed by atoms with Crippen molar-refractivity contribution in [3.63, 3.8) is 0 Å². The Kier molecular flexibility index (Phi) is 4.13. The molecule has 2 nitrogen and oxygen atoms in total. The van der Waals surface area contributed by atoms with E-state index >= 15 is 0 Å². The van der Waals surface area contributed by atoms with E-state index in [-0.39, 0.29) is 17.0 Å². The fourth-order valence-corrected chi connectivity index (χ4v) is 6.23. The fraction of sp³-hybridized carbons (Fsp3) is 0.952. The highest BCUT2D eigenvalue weighted by atomic mass is 16.6. The van der Waals surface area contributed by atoms with Gasteiger partial charge in [-0.25, -0.2) is 0 Å². The molecule has 4 fully saturated rings. The Balaban J connectivity index is 1.94. The van der Waals surface area contributed by atoms with Gasteiger partial charge in [0.25, 0.3) is 0 Å². The van der Waals surface area contributed by atoms with Gasteiger partial charge in [-0.1, -0.05) is 27.7 Å². The lowest BCUT2D eigenvalue weighted by molar-refractivity contribution is -0.246. The highest BCUT2D eigenvalue weighted by Crippen LogP contribution is 2.66. The number of carbonyl (C=O) groups is 1. The van der Waals surface area contributed by atoms with Gasteiger partial charge in [-0.3, -0.25) is 4.79 Å². The van der Waals surface area contributed by atoms with E-state index in [9.17, 15) is 4.79 Å². The molecule has 3 unspecified atom stereocenters. The quantitative estimate of drug-likeness (QED) is 0.617. The predicted octanol–water partition coefficient (Wildman–Crippen LogP) is 5.60. The van der Waals surface area contributed by atoms with Crippen molar-refractivity contribution < 1.29 is 9.53 Å². The van der Waals surface area contributed by atoms with Gasteiger partial charge in [-0.15, -0.1) is 0 Å². The summed E-state index contributed by atoms with van der Waals surface area (Å²) >= 11 is 0. The molecule has 0 spiro atoms. The van der Waals surface area contributed by atoms with Crippen LogP contribution >= 0.6 is 0 Å². The minimum absolute atomic E-state index is 0.0397. The predicted molar refractivity (Wildman–Crippen MR) is 94.0 cm³/mol. The summed E-state index contributed by atoms with van der Waals surface area (Å²) in [6.45, 7) is 13.2. The van der Waals surface area contributed by atoms with Gasteiger partial charge in [-0.2, -0.15) is 0 Å². The molecule has 0 aromatic heterocycles. The third-order valence-corrected chi connectivity index (χ3v) is 7.86. The van der Waals surface area contributed by atoms with Gasteiger partial charge in [0.1, 0.15) is 5.60 Å². The molecule has 0 saturated heterocycles. The first-order valence-corrected chi connectivity index (χ1v) is 9.90. The number of carbonyl (C=O) groups excluding carboxylic acids is 1. The van der Waals surface area contributed by atoms with Crippen molar-refractivity contribution in [2.24, 2.45) is 34.5 Å². The maximum Gasteiger partial charge on any atom is 0.312 e. The van der Waals surface area contributed by atoms with Crippen LogP contribution in [0.2, 0.25) is 0 Å². The fourth-order valence-electron chi connectivity index (χ4n) is 6.23. The van der Waals surface area contributed by atoms with Crippen molar-refractivity contribution in [3.8, 4) is 0 Å². The van der Waals surface area contributed by atoms with Crippen LogP contribution in [0.5, 0.6) is 0 Å². The van der Waals surface area contributed by atoms with E-state index in [1.165, 1.54) is 32.1 Å². The zero-order valence-corrected chi connectivity index (χ0v) is 16.1. The summed E-state index contributed by atoms with van der Waals surface area (Å²) in [4.78, 5) is 13.0. The third kappa shape index (κ3) is 2.55. The molecule has 0 aliphatic heterocycles. The minimum Gasteiger partial charge on any atom is -0.458 e. The summed E-state index contributed by atoms with van der Waals surface area (Å²) in [7, 11) is 0. The molecule has 3 atom stereocenters. The number of esters is 1. The molecule has 0 amide bonds. The molecular formula is C21H36O2. The van der Waals surface area contributed by atoms with E-state index in [2.05, 4.69) is 27.7 Å². The van der Waals surface area contributed by atoms with Crippen LogP contribution in [0.1, 0.15) is 86.5 Å². The third-order valence-electron chi connectivity index (χ3n) is 7.86. The lowest BCUT2D eigenvalue weighted by Crippen LogP contribution is -2.65. The second-order valence-corrected chi connectivity index (χ2v) is 9.94. The number of hydrogen-bond donors (Lipinski definition) is 0. The van der Waals surface area contributed by atoms with Crippen LogP contribution < -0.4 is 0 Å². The minimum atomic E-state index is -0.362. The largest absolute Gasteiger partial charge is 0.458 e. The molecule has 0 aromatic carbocycles. The topological polar surface area (TPSA) is 26.3 Å². The summed E-state index contributed by atoms with van der Waals surface area (Å²) in [5, 5.41) is 0. The smallest absolute Gasteiger partial charge is 0.312 e. The van der Waals surface area contributed by atoms with Crippen LogP contribution in [-0.4, -0.2) is 11.6 Å². The molecule has 23 heavy (non-hydrogen) atoms. The second-order valence-electron chi connectivity index (χ2n) is 9.94. The van der Waals surface area contributed by atoms with E-state index < -0.39 is 0 Å². The van der Waals surface area contributed by atoms with E-state index in [1.54, 1.807) is 0 Å². The molecule has 0 radical (unpaired) electrons. The normalized spacial score (nSPS) is 43.5. The van der Waals surface area contributed by atoms with E-state index in [4.69, 9.17) is 4.74 Å². The maximum absolute atomic E-state index is 13.0. The van der Waals surface area contributed by atoms with Gasteiger partial charge in [0.15, 0.2) is 0 Å².